The molecule has 84 valence electrons. The third kappa shape index (κ3) is 1.65. The number of H-pyrrole nitrogens is 1. The van der Waals surface area contributed by atoms with E-state index in [0.717, 1.165) is 5.52 Å². The monoisotopic (exact) mass is 219 g/mol. The van der Waals surface area contributed by atoms with Crippen LogP contribution in [0.3, 0.4) is 0 Å². The summed E-state index contributed by atoms with van der Waals surface area (Å²) in [6, 6.07) is 5.17. The zero-order valence-corrected chi connectivity index (χ0v) is 8.99. The Labute approximate surface area is 91.9 Å². The molecule has 0 atom stereocenters. The number of nitrogens with two attached hydrogens (primary N) is 1. The molecule has 1 heterocycles. The van der Waals surface area contributed by atoms with E-state index in [9.17, 15) is 9.59 Å². The van der Waals surface area contributed by atoms with Crippen LogP contribution in [0.5, 0.6) is 0 Å². The number of aromatic amines is 1. The van der Waals surface area contributed by atoms with Gasteiger partial charge in [0.05, 0.1) is 11.0 Å². The normalized spacial score (nSPS) is 10.9. The van der Waals surface area contributed by atoms with Crippen molar-refractivity contribution in [2.75, 3.05) is 6.54 Å². The fraction of sp³-hybridized carbons (Fsp3) is 0.273. The Morgan fingerprint density at radius 1 is 1.50 bits per heavy atom. The lowest BCUT2D eigenvalue weighted by Crippen LogP contribution is -2.11. The number of carbonyl (C=O) groups excluding carboxylic acids is 1. The minimum absolute atomic E-state index is 0.00546. The smallest absolute Gasteiger partial charge is 0.326 e. The van der Waals surface area contributed by atoms with E-state index in [-0.39, 0.29) is 11.5 Å². The maximum absolute atomic E-state index is 11.6. The highest BCUT2D eigenvalue weighted by Crippen LogP contribution is 2.13. The Morgan fingerprint density at radius 3 is 2.94 bits per heavy atom. The molecule has 5 heteroatoms. The summed E-state index contributed by atoms with van der Waals surface area (Å²) in [4.78, 5) is 25.6. The van der Waals surface area contributed by atoms with E-state index < -0.39 is 0 Å². The van der Waals surface area contributed by atoms with E-state index >= 15 is 0 Å². The lowest BCUT2D eigenvalue weighted by molar-refractivity contribution is 0.0985. The Hall–Kier alpha value is -1.88. The number of fused-ring (bicyclic) bond motifs is 1. The van der Waals surface area contributed by atoms with Gasteiger partial charge in [-0.25, -0.2) is 4.79 Å². The van der Waals surface area contributed by atoms with Crippen LogP contribution in [0, 0.1) is 0 Å². The van der Waals surface area contributed by atoms with Crippen LogP contribution in [0.25, 0.3) is 11.0 Å². The summed E-state index contributed by atoms with van der Waals surface area (Å²) in [6.07, 6.45) is 0.322. The van der Waals surface area contributed by atoms with Crippen molar-refractivity contribution in [3.63, 3.8) is 0 Å². The molecule has 0 saturated heterocycles. The summed E-state index contributed by atoms with van der Waals surface area (Å²) < 4.78 is 1.51. The van der Waals surface area contributed by atoms with E-state index in [4.69, 9.17) is 5.73 Å². The van der Waals surface area contributed by atoms with Crippen LogP contribution >= 0.6 is 0 Å². The van der Waals surface area contributed by atoms with Crippen LogP contribution in [0.15, 0.2) is 23.0 Å². The number of Topliss-reactive ketones (excluding diaryl/α,β-unsaturated/α-hetero) is 1. The quantitative estimate of drug-likeness (QED) is 0.733. The van der Waals surface area contributed by atoms with Crippen molar-refractivity contribution in [2.24, 2.45) is 12.8 Å². The van der Waals surface area contributed by atoms with Crippen molar-refractivity contribution in [3.05, 3.63) is 34.2 Å². The van der Waals surface area contributed by atoms with Gasteiger partial charge in [-0.15, -0.1) is 0 Å². The maximum atomic E-state index is 11.6. The van der Waals surface area contributed by atoms with Crippen molar-refractivity contribution in [1.29, 1.82) is 0 Å². The molecular formula is C11H13N3O2. The van der Waals surface area contributed by atoms with Crippen LogP contribution in [-0.2, 0) is 7.05 Å². The van der Waals surface area contributed by atoms with Gasteiger partial charge in [0.1, 0.15) is 0 Å². The molecule has 0 amide bonds. The first-order valence-corrected chi connectivity index (χ1v) is 5.05. The van der Waals surface area contributed by atoms with Crippen LogP contribution in [0.4, 0.5) is 0 Å². The Morgan fingerprint density at radius 2 is 2.25 bits per heavy atom. The van der Waals surface area contributed by atoms with Crippen molar-refractivity contribution in [3.8, 4) is 0 Å². The highest BCUT2D eigenvalue weighted by molar-refractivity contribution is 5.98. The minimum atomic E-state index is -0.182. The van der Waals surface area contributed by atoms with E-state index in [1.807, 2.05) is 0 Å². The van der Waals surface area contributed by atoms with E-state index in [2.05, 4.69) is 4.98 Å². The topological polar surface area (TPSA) is 80.9 Å². The average Bonchev–Trinajstić information content (AvgIpc) is 2.55. The molecule has 0 spiro atoms. The number of ketones is 1. The number of rotatable bonds is 3. The van der Waals surface area contributed by atoms with Crippen molar-refractivity contribution in [1.82, 2.24) is 9.55 Å². The van der Waals surface area contributed by atoms with Crippen LogP contribution < -0.4 is 11.4 Å². The summed E-state index contributed by atoms with van der Waals surface area (Å²) in [6.45, 7) is 0.335. The summed E-state index contributed by atoms with van der Waals surface area (Å²) in [5.41, 5.74) is 7.19. The van der Waals surface area contributed by atoms with E-state index in [1.165, 1.54) is 4.57 Å². The summed E-state index contributed by atoms with van der Waals surface area (Å²) >= 11 is 0. The van der Waals surface area contributed by atoms with Crippen molar-refractivity contribution < 1.29 is 4.79 Å². The van der Waals surface area contributed by atoms with Crippen LogP contribution in [0.2, 0.25) is 0 Å². The molecule has 0 unspecified atom stereocenters. The van der Waals surface area contributed by atoms with Gasteiger partial charge in [0.25, 0.3) is 0 Å². The SMILES string of the molecule is Cn1c(=O)[nH]c2cc(C(=O)CCN)ccc21. The number of imidazole rings is 1. The van der Waals surface area contributed by atoms with Gasteiger partial charge in [-0.3, -0.25) is 9.36 Å². The van der Waals surface area contributed by atoms with Gasteiger partial charge in [0.2, 0.25) is 0 Å². The van der Waals surface area contributed by atoms with Crippen LogP contribution in [0.1, 0.15) is 16.8 Å². The molecule has 16 heavy (non-hydrogen) atoms. The Balaban J connectivity index is 2.52. The first-order chi connectivity index (χ1) is 7.63. The first-order valence-electron chi connectivity index (χ1n) is 5.05. The summed E-state index contributed by atoms with van der Waals surface area (Å²) in [5, 5.41) is 0. The first kappa shape index (κ1) is 10.6. The molecule has 5 nitrogen and oxygen atoms in total. The average molecular weight is 219 g/mol. The lowest BCUT2D eigenvalue weighted by atomic mass is 10.1. The van der Waals surface area contributed by atoms with Gasteiger partial charge in [-0.2, -0.15) is 0 Å². The Bertz CT molecular complexity index is 595. The molecule has 2 rings (SSSR count). The van der Waals surface area contributed by atoms with Gasteiger partial charge in [0.15, 0.2) is 5.78 Å². The zero-order valence-electron chi connectivity index (χ0n) is 8.99. The standard InChI is InChI=1S/C11H13N3O2/c1-14-9-3-2-7(10(15)4-5-12)6-8(9)13-11(14)16/h2-3,6H,4-5,12H2,1H3,(H,13,16). The predicted octanol–water partition coefficient (Wildman–Crippen LogP) is 0.398. The van der Waals surface area contributed by atoms with Crippen molar-refractivity contribution >= 4 is 16.8 Å². The number of hydrogen-bond acceptors (Lipinski definition) is 3. The number of aromatic nitrogens is 2. The third-order valence-corrected chi connectivity index (χ3v) is 2.60. The number of benzene rings is 1. The largest absolute Gasteiger partial charge is 0.330 e. The minimum Gasteiger partial charge on any atom is -0.330 e. The zero-order chi connectivity index (χ0) is 11.7. The van der Waals surface area contributed by atoms with E-state index in [1.54, 1.807) is 25.2 Å². The lowest BCUT2D eigenvalue weighted by Gasteiger charge is -1.99. The van der Waals surface area contributed by atoms with Crippen molar-refractivity contribution in [2.45, 2.75) is 6.42 Å². The molecule has 2 aromatic rings. The second kappa shape index (κ2) is 3.94. The van der Waals surface area contributed by atoms with Gasteiger partial charge < -0.3 is 10.7 Å². The molecule has 0 saturated carbocycles. The molecular weight excluding hydrogens is 206 g/mol. The molecule has 0 aliphatic heterocycles. The van der Waals surface area contributed by atoms with Gasteiger partial charge in [-0.05, 0) is 24.7 Å². The predicted molar refractivity (Wildman–Crippen MR) is 61.5 cm³/mol. The molecule has 3 N–H and O–H groups in total. The fourth-order valence-electron chi connectivity index (χ4n) is 1.69. The second-order valence-corrected chi connectivity index (χ2v) is 3.68. The number of aryl methyl sites for hydroxylation is 1. The molecule has 0 aliphatic rings. The molecule has 0 bridgehead atoms. The van der Waals surface area contributed by atoms with Gasteiger partial charge in [0, 0.05) is 19.0 Å². The number of hydrogen-bond donors (Lipinski definition) is 2. The highest BCUT2D eigenvalue weighted by Gasteiger charge is 2.08. The molecule has 0 aliphatic carbocycles. The number of nitrogens with zero attached hydrogens (tertiary/aromatic N) is 1. The molecule has 0 fully saturated rings. The molecule has 1 aromatic carbocycles. The molecule has 0 radical (unpaired) electrons. The fourth-order valence-corrected chi connectivity index (χ4v) is 1.69. The van der Waals surface area contributed by atoms with Crippen LogP contribution in [-0.4, -0.2) is 21.9 Å². The molecule has 1 aromatic heterocycles. The third-order valence-electron chi connectivity index (χ3n) is 2.60. The van der Waals surface area contributed by atoms with E-state index in [0.29, 0.717) is 24.0 Å². The number of carbonyl (C=O) groups is 1. The summed E-state index contributed by atoms with van der Waals surface area (Å²) in [7, 11) is 1.68. The van der Waals surface area contributed by atoms with Gasteiger partial charge in [-0.1, -0.05) is 0 Å². The highest BCUT2D eigenvalue weighted by atomic mass is 16.1. The maximum Gasteiger partial charge on any atom is 0.326 e. The second-order valence-electron chi connectivity index (χ2n) is 3.68. The number of nitrogens with one attached hydrogen (secondary N) is 1. The van der Waals surface area contributed by atoms with Gasteiger partial charge >= 0.3 is 5.69 Å². The summed E-state index contributed by atoms with van der Waals surface area (Å²) in [5.74, 6) is -0.00546. The Kier molecular flexibility index (Phi) is 2.62.